The van der Waals surface area contributed by atoms with Crippen LogP contribution in [0.5, 0.6) is 0 Å². The van der Waals surface area contributed by atoms with E-state index in [4.69, 9.17) is 0 Å². The smallest absolute Gasteiger partial charge is 0.0611 e. The third kappa shape index (κ3) is 3.21. The third-order valence-electron chi connectivity index (χ3n) is 1.38. The van der Waals surface area contributed by atoms with Gasteiger partial charge in [-0.1, -0.05) is 6.08 Å². The average Bonchev–Trinajstić information content (AvgIpc) is 1.89. The number of hydrogen-bond donors (Lipinski definition) is 0. The van der Waals surface area contributed by atoms with E-state index in [1.54, 1.807) is 0 Å². The van der Waals surface area contributed by atoms with Gasteiger partial charge in [-0.2, -0.15) is 0 Å². The molecule has 0 aromatic rings. The molecule has 2 heteroatoms. The predicted molar refractivity (Wildman–Crippen MR) is 50.2 cm³/mol. The highest BCUT2D eigenvalue weighted by Gasteiger charge is 2.18. The molecular weight excluding hydrogens is 148 g/mol. The monoisotopic (exact) mass is 162 g/mol. The Kier molecular flexibility index (Phi) is 4.50. The minimum absolute atomic E-state index is 0.349. The standard InChI is InChI=1S/C7H14S2/c1-5-6-7(2,8-3)9-4/h5H,1,6H2,2-4H3. The number of rotatable bonds is 4. The van der Waals surface area contributed by atoms with E-state index in [9.17, 15) is 0 Å². The Morgan fingerprint density at radius 3 is 2.00 bits per heavy atom. The Balaban J connectivity index is 3.75. The van der Waals surface area contributed by atoms with Crippen molar-refractivity contribution in [1.82, 2.24) is 0 Å². The Hall–Kier alpha value is 0.440. The largest absolute Gasteiger partial charge is 0.148 e. The highest BCUT2D eigenvalue weighted by molar-refractivity contribution is 8.17. The maximum atomic E-state index is 3.71. The van der Waals surface area contributed by atoms with Crippen LogP contribution in [0.15, 0.2) is 12.7 Å². The maximum Gasteiger partial charge on any atom is 0.0611 e. The third-order valence-corrected chi connectivity index (χ3v) is 4.44. The first kappa shape index (κ1) is 9.44. The second kappa shape index (κ2) is 4.29. The van der Waals surface area contributed by atoms with Crippen molar-refractivity contribution in [3.63, 3.8) is 0 Å². The number of allylic oxidation sites excluding steroid dienone is 1. The van der Waals surface area contributed by atoms with Gasteiger partial charge in [0.2, 0.25) is 0 Å². The summed E-state index contributed by atoms with van der Waals surface area (Å²) in [6, 6.07) is 0. The van der Waals surface area contributed by atoms with Crippen molar-refractivity contribution in [2.75, 3.05) is 12.5 Å². The Labute approximate surface area is 66.5 Å². The molecule has 0 saturated carbocycles. The van der Waals surface area contributed by atoms with Gasteiger partial charge in [0, 0.05) is 0 Å². The van der Waals surface area contributed by atoms with E-state index in [2.05, 4.69) is 26.0 Å². The summed E-state index contributed by atoms with van der Waals surface area (Å²) >= 11 is 3.78. The summed E-state index contributed by atoms with van der Waals surface area (Å²) in [5, 5.41) is 0. The highest BCUT2D eigenvalue weighted by atomic mass is 32.2. The lowest BCUT2D eigenvalue weighted by Gasteiger charge is -2.22. The van der Waals surface area contributed by atoms with Crippen molar-refractivity contribution in [2.45, 2.75) is 17.4 Å². The lowest BCUT2D eigenvalue weighted by Crippen LogP contribution is -2.11. The molecule has 9 heavy (non-hydrogen) atoms. The number of thioether (sulfide) groups is 2. The van der Waals surface area contributed by atoms with Crippen molar-refractivity contribution in [3.05, 3.63) is 12.7 Å². The zero-order valence-corrected chi connectivity index (χ0v) is 7.94. The Morgan fingerprint density at radius 2 is 1.89 bits per heavy atom. The zero-order valence-electron chi connectivity index (χ0n) is 6.31. The number of hydrogen-bond acceptors (Lipinski definition) is 2. The van der Waals surface area contributed by atoms with E-state index < -0.39 is 0 Å². The molecule has 0 unspecified atom stereocenters. The van der Waals surface area contributed by atoms with Crippen LogP contribution in [0, 0.1) is 0 Å². The fourth-order valence-electron chi connectivity index (χ4n) is 0.512. The maximum absolute atomic E-state index is 3.71. The van der Waals surface area contributed by atoms with Gasteiger partial charge in [0.15, 0.2) is 0 Å². The second-order valence-corrected chi connectivity index (χ2v) is 4.91. The van der Waals surface area contributed by atoms with Crippen LogP contribution in [-0.4, -0.2) is 16.6 Å². The van der Waals surface area contributed by atoms with Crippen molar-refractivity contribution >= 4 is 23.5 Å². The van der Waals surface area contributed by atoms with Crippen LogP contribution in [0.25, 0.3) is 0 Å². The van der Waals surface area contributed by atoms with Crippen LogP contribution < -0.4 is 0 Å². The quantitative estimate of drug-likeness (QED) is 0.460. The van der Waals surface area contributed by atoms with Crippen molar-refractivity contribution in [1.29, 1.82) is 0 Å². The summed E-state index contributed by atoms with van der Waals surface area (Å²) in [5.74, 6) is 0. The van der Waals surface area contributed by atoms with Crippen LogP contribution in [0.3, 0.4) is 0 Å². The summed E-state index contributed by atoms with van der Waals surface area (Å²) in [7, 11) is 0. The molecule has 0 aliphatic carbocycles. The lowest BCUT2D eigenvalue weighted by molar-refractivity contribution is 0.919. The molecular formula is C7H14S2. The van der Waals surface area contributed by atoms with E-state index in [0.29, 0.717) is 4.08 Å². The van der Waals surface area contributed by atoms with Gasteiger partial charge in [-0.05, 0) is 25.9 Å². The molecule has 0 N–H and O–H groups in total. The first-order chi connectivity index (χ1) is 4.18. The molecule has 0 atom stereocenters. The molecule has 0 heterocycles. The van der Waals surface area contributed by atoms with E-state index in [-0.39, 0.29) is 0 Å². The summed E-state index contributed by atoms with van der Waals surface area (Å²) in [5.41, 5.74) is 0. The molecule has 0 spiro atoms. The lowest BCUT2D eigenvalue weighted by atomic mass is 10.3. The van der Waals surface area contributed by atoms with Crippen LogP contribution in [-0.2, 0) is 0 Å². The zero-order chi connectivity index (χ0) is 7.33. The minimum atomic E-state index is 0.349. The van der Waals surface area contributed by atoms with Crippen LogP contribution in [0.4, 0.5) is 0 Å². The topological polar surface area (TPSA) is 0 Å². The molecule has 0 aromatic heterocycles. The second-order valence-electron chi connectivity index (χ2n) is 2.03. The molecule has 0 bridgehead atoms. The molecule has 0 radical (unpaired) electrons. The molecule has 0 saturated heterocycles. The van der Waals surface area contributed by atoms with Gasteiger partial charge in [-0.15, -0.1) is 30.1 Å². The van der Waals surface area contributed by atoms with Gasteiger partial charge in [-0.25, -0.2) is 0 Å². The van der Waals surface area contributed by atoms with E-state index >= 15 is 0 Å². The van der Waals surface area contributed by atoms with Crippen molar-refractivity contribution in [2.24, 2.45) is 0 Å². The fourth-order valence-corrected chi connectivity index (χ4v) is 1.75. The predicted octanol–water partition coefficient (Wildman–Crippen LogP) is 3.00. The molecule has 0 aliphatic heterocycles. The van der Waals surface area contributed by atoms with Crippen molar-refractivity contribution in [3.8, 4) is 0 Å². The van der Waals surface area contributed by atoms with Crippen LogP contribution in [0.2, 0.25) is 0 Å². The summed E-state index contributed by atoms with van der Waals surface area (Å²) in [6.45, 7) is 5.96. The molecule has 0 aromatic carbocycles. The van der Waals surface area contributed by atoms with Crippen molar-refractivity contribution < 1.29 is 0 Å². The summed E-state index contributed by atoms with van der Waals surface area (Å²) < 4.78 is 0.349. The van der Waals surface area contributed by atoms with Crippen LogP contribution in [0.1, 0.15) is 13.3 Å². The summed E-state index contributed by atoms with van der Waals surface area (Å²) in [6.07, 6.45) is 7.34. The molecule has 0 fully saturated rings. The van der Waals surface area contributed by atoms with Gasteiger partial charge in [-0.3, -0.25) is 0 Å². The SMILES string of the molecule is C=CCC(C)(SC)SC. The van der Waals surface area contributed by atoms with E-state index in [0.717, 1.165) is 6.42 Å². The molecule has 0 aliphatic rings. The molecule has 54 valence electrons. The molecule has 0 rings (SSSR count). The van der Waals surface area contributed by atoms with Gasteiger partial charge in [0.05, 0.1) is 4.08 Å². The van der Waals surface area contributed by atoms with E-state index in [1.807, 2.05) is 29.6 Å². The van der Waals surface area contributed by atoms with Gasteiger partial charge < -0.3 is 0 Å². The molecule has 0 amide bonds. The fraction of sp³-hybridized carbons (Fsp3) is 0.714. The average molecular weight is 162 g/mol. The van der Waals surface area contributed by atoms with Gasteiger partial charge in [0.25, 0.3) is 0 Å². The summed E-state index contributed by atoms with van der Waals surface area (Å²) in [4.78, 5) is 0. The Bertz CT molecular complexity index is 84.9. The van der Waals surface area contributed by atoms with Gasteiger partial charge in [0.1, 0.15) is 0 Å². The Morgan fingerprint density at radius 1 is 1.44 bits per heavy atom. The first-order valence-corrected chi connectivity index (χ1v) is 5.34. The van der Waals surface area contributed by atoms with Crippen LogP contribution >= 0.6 is 23.5 Å². The van der Waals surface area contributed by atoms with Gasteiger partial charge >= 0.3 is 0 Å². The first-order valence-electron chi connectivity index (χ1n) is 2.89. The molecule has 0 nitrogen and oxygen atoms in total. The minimum Gasteiger partial charge on any atom is -0.148 e. The normalized spacial score (nSPS) is 11.4. The van der Waals surface area contributed by atoms with E-state index in [1.165, 1.54) is 0 Å². The highest BCUT2D eigenvalue weighted by Crippen LogP contribution is 2.36.